The second-order valence-corrected chi connectivity index (χ2v) is 5.00. The van der Waals surface area contributed by atoms with Crippen molar-refractivity contribution < 1.29 is 0 Å². The molecule has 0 aromatic carbocycles. The van der Waals surface area contributed by atoms with Crippen molar-refractivity contribution in [1.29, 1.82) is 0 Å². The molecule has 0 spiro atoms. The summed E-state index contributed by atoms with van der Waals surface area (Å²) in [6, 6.07) is 0.123. The van der Waals surface area contributed by atoms with Crippen LogP contribution in [0.3, 0.4) is 0 Å². The van der Waals surface area contributed by atoms with Crippen molar-refractivity contribution in [1.82, 2.24) is 10.2 Å². The highest BCUT2D eigenvalue weighted by atomic mass is 15.1. The van der Waals surface area contributed by atoms with Gasteiger partial charge in [0.1, 0.15) is 0 Å². The number of aromatic amines is 1. The maximum atomic E-state index is 6.38. The van der Waals surface area contributed by atoms with Gasteiger partial charge < -0.3 is 5.73 Å². The van der Waals surface area contributed by atoms with Gasteiger partial charge in [-0.15, -0.1) is 0 Å². The van der Waals surface area contributed by atoms with Gasteiger partial charge in [0.25, 0.3) is 0 Å². The van der Waals surface area contributed by atoms with Crippen LogP contribution in [0.1, 0.15) is 56.8 Å². The lowest BCUT2D eigenvalue weighted by molar-refractivity contribution is 0.260. The Morgan fingerprint density at radius 2 is 2.20 bits per heavy atom. The zero-order valence-corrected chi connectivity index (χ0v) is 9.71. The van der Waals surface area contributed by atoms with Gasteiger partial charge >= 0.3 is 0 Å². The number of aryl methyl sites for hydroxylation is 1. The average Bonchev–Trinajstić information content (AvgIpc) is 2.85. The van der Waals surface area contributed by atoms with Crippen LogP contribution in [0.4, 0.5) is 0 Å². The molecule has 1 aromatic rings. The van der Waals surface area contributed by atoms with Gasteiger partial charge in [0.05, 0.1) is 17.9 Å². The van der Waals surface area contributed by atoms with Gasteiger partial charge in [0, 0.05) is 0 Å². The molecule has 0 unspecified atom stereocenters. The lowest BCUT2D eigenvalue weighted by Crippen LogP contribution is -2.30. The lowest BCUT2D eigenvalue weighted by atomic mass is 9.78. The summed E-state index contributed by atoms with van der Waals surface area (Å²) in [4.78, 5) is 0. The van der Waals surface area contributed by atoms with Gasteiger partial charge in [-0.3, -0.25) is 5.10 Å². The minimum Gasteiger partial charge on any atom is -0.322 e. The highest BCUT2D eigenvalue weighted by Gasteiger charge is 2.37. The van der Waals surface area contributed by atoms with Crippen LogP contribution in [0.15, 0.2) is 6.20 Å². The van der Waals surface area contributed by atoms with E-state index in [0.717, 1.165) is 12.1 Å². The van der Waals surface area contributed by atoms with E-state index in [1.807, 2.05) is 6.20 Å². The molecule has 15 heavy (non-hydrogen) atoms. The van der Waals surface area contributed by atoms with E-state index < -0.39 is 0 Å². The summed E-state index contributed by atoms with van der Waals surface area (Å²) in [6.07, 6.45) is 8.05. The first kappa shape index (κ1) is 10.7. The van der Waals surface area contributed by atoms with Crippen molar-refractivity contribution in [2.75, 3.05) is 0 Å². The Balaban J connectivity index is 2.23. The first-order valence-corrected chi connectivity index (χ1v) is 5.95. The van der Waals surface area contributed by atoms with Crippen LogP contribution >= 0.6 is 0 Å². The lowest BCUT2D eigenvalue weighted by Gasteiger charge is -2.30. The van der Waals surface area contributed by atoms with Crippen LogP contribution in [-0.4, -0.2) is 10.2 Å². The van der Waals surface area contributed by atoms with E-state index in [2.05, 4.69) is 24.0 Å². The standard InChI is InChI=1S/C12H21N3/c1-3-9-8-14-15-10(9)11(13)12(2)6-4-5-7-12/h8,11H,3-7,13H2,1-2H3,(H,14,15)/t11-/m0/s1. The molecule has 0 aliphatic heterocycles. The second-order valence-electron chi connectivity index (χ2n) is 5.00. The number of H-pyrrole nitrogens is 1. The summed E-state index contributed by atoms with van der Waals surface area (Å²) in [5.41, 5.74) is 9.09. The maximum absolute atomic E-state index is 6.38. The summed E-state index contributed by atoms with van der Waals surface area (Å²) in [5, 5.41) is 7.20. The van der Waals surface area contributed by atoms with Gasteiger partial charge in [0.2, 0.25) is 0 Å². The van der Waals surface area contributed by atoms with Gasteiger partial charge in [-0.25, -0.2) is 0 Å². The van der Waals surface area contributed by atoms with Crippen molar-refractivity contribution in [2.45, 2.75) is 52.0 Å². The fraction of sp³-hybridized carbons (Fsp3) is 0.750. The molecule has 3 N–H and O–H groups in total. The Hall–Kier alpha value is -0.830. The van der Waals surface area contributed by atoms with E-state index in [9.17, 15) is 0 Å². The highest BCUT2D eigenvalue weighted by Crippen LogP contribution is 2.46. The normalized spacial score (nSPS) is 21.8. The molecule has 0 radical (unpaired) electrons. The summed E-state index contributed by atoms with van der Waals surface area (Å²) < 4.78 is 0. The minimum absolute atomic E-state index is 0.123. The second kappa shape index (κ2) is 3.97. The topological polar surface area (TPSA) is 54.7 Å². The zero-order chi connectivity index (χ0) is 10.9. The quantitative estimate of drug-likeness (QED) is 0.800. The van der Waals surface area contributed by atoms with E-state index >= 15 is 0 Å². The molecule has 1 fully saturated rings. The molecule has 1 aliphatic rings. The van der Waals surface area contributed by atoms with Gasteiger partial charge in [-0.05, 0) is 30.2 Å². The number of rotatable bonds is 3. The Kier molecular flexibility index (Phi) is 2.83. The van der Waals surface area contributed by atoms with Crippen molar-refractivity contribution >= 4 is 0 Å². The number of hydrogen-bond donors (Lipinski definition) is 2. The molecule has 1 heterocycles. The molecule has 3 heteroatoms. The maximum Gasteiger partial charge on any atom is 0.0556 e. The molecule has 2 rings (SSSR count). The van der Waals surface area contributed by atoms with Crippen molar-refractivity contribution in [3.8, 4) is 0 Å². The van der Waals surface area contributed by atoms with Crippen molar-refractivity contribution in [3.63, 3.8) is 0 Å². The predicted molar refractivity (Wildman–Crippen MR) is 61.5 cm³/mol. The molecule has 3 nitrogen and oxygen atoms in total. The highest BCUT2D eigenvalue weighted by molar-refractivity contribution is 5.22. The first-order chi connectivity index (χ1) is 7.17. The van der Waals surface area contributed by atoms with Crippen molar-refractivity contribution in [2.24, 2.45) is 11.1 Å². The summed E-state index contributed by atoms with van der Waals surface area (Å²) >= 11 is 0. The van der Waals surface area contributed by atoms with Gasteiger partial charge in [0.15, 0.2) is 0 Å². The molecular weight excluding hydrogens is 186 g/mol. The zero-order valence-electron chi connectivity index (χ0n) is 9.71. The molecule has 84 valence electrons. The molecule has 0 saturated heterocycles. The molecule has 1 aromatic heterocycles. The summed E-state index contributed by atoms with van der Waals surface area (Å²) in [6.45, 7) is 4.46. The number of nitrogens with two attached hydrogens (primary N) is 1. The molecular formula is C12H21N3. The van der Waals surface area contributed by atoms with E-state index in [1.54, 1.807) is 0 Å². The van der Waals surface area contributed by atoms with Crippen LogP contribution < -0.4 is 5.73 Å². The smallest absolute Gasteiger partial charge is 0.0556 e. The van der Waals surface area contributed by atoms with E-state index in [1.165, 1.54) is 31.2 Å². The van der Waals surface area contributed by atoms with Crippen LogP contribution in [0.2, 0.25) is 0 Å². The monoisotopic (exact) mass is 207 g/mol. The third-order valence-electron chi connectivity index (χ3n) is 3.94. The first-order valence-electron chi connectivity index (χ1n) is 5.95. The van der Waals surface area contributed by atoms with Crippen LogP contribution in [-0.2, 0) is 6.42 Å². The van der Waals surface area contributed by atoms with Crippen LogP contribution in [0, 0.1) is 5.41 Å². The number of aromatic nitrogens is 2. The van der Waals surface area contributed by atoms with E-state index in [0.29, 0.717) is 0 Å². The molecule has 0 bridgehead atoms. The molecule has 1 saturated carbocycles. The number of hydrogen-bond acceptors (Lipinski definition) is 2. The van der Waals surface area contributed by atoms with Gasteiger partial charge in [-0.2, -0.15) is 5.10 Å². The largest absolute Gasteiger partial charge is 0.322 e. The third-order valence-corrected chi connectivity index (χ3v) is 3.94. The summed E-state index contributed by atoms with van der Waals surface area (Å²) in [5.74, 6) is 0. The fourth-order valence-corrected chi connectivity index (χ4v) is 2.71. The predicted octanol–water partition coefficient (Wildman–Crippen LogP) is 2.55. The minimum atomic E-state index is 0.123. The number of nitrogens with one attached hydrogen (secondary N) is 1. The Morgan fingerprint density at radius 1 is 1.53 bits per heavy atom. The molecule has 0 amide bonds. The third kappa shape index (κ3) is 1.81. The van der Waals surface area contributed by atoms with Crippen LogP contribution in [0.25, 0.3) is 0 Å². The Bertz CT molecular complexity index is 323. The van der Waals surface area contributed by atoms with Gasteiger partial charge in [-0.1, -0.05) is 26.7 Å². The fourth-order valence-electron chi connectivity index (χ4n) is 2.71. The van der Waals surface area contributed by atoms with Crippen LogP contribution in [0.5, 0.6) is 0 Å². The van der Waals surface area contributed by atoms with E-state index in [-0.39, 0.29) is 11.5 Å². The average molecular weight is 207 g/mol. The summed E-state index contributed by atoms with van der Waals surface area (Å²) in [7, 11) is 0. The SMILES string of the molecule is CCc1cn[nH]c1[C@H](N)C1(C)CCCC1. The Morgan fingerprint density at radius 3 is 2.80 bits per heavy atom. The molecule has 1 atom stereocenters. The van der Waals surface area contributed by atoms with Crippen molar-refractivity contribution in [3.05, 3.63) is 17.5 Å². The van der Waals surface area contributed by atoms with E-state index in [4.69, 9.17) is 5.73 Å². The number of nitrogens with zero attached hydrogens (tertiary/aromatic N) is 1. The Labute approximate surface area is 91.4 Å². The molecule has 1 aliphatic carbocycles.